The maximum atomic E-state index is 12.5. The number of ketones is 1. The smallest absolute Gasteiger partial charge is 0.324 e. The molecule has 1 aliphatic carbocycles. The summed E-state index contributed by atoms with van der Waals surface area (Å²) in [6, 6.07) is 0. The van der Waals surface area contributed by atoms with Gasteiger partial charge in [0.05, 0.1) is 0 Å². The zero-order valence-corrected chi connectivity index (χ0v) is 11.7. The fourth-order valence-corrected chi connectivity index (χ4v) is 3.06. The molecule has 2 atom stereocenters. The van der Waals surface area contributed by atoms with Gasteiger partial charge in [0, 0.05) is 21.3 Å². The van der Waals surface area contributed by atoms with Crippen LogP contribution >= 0.6 is 0 Å². The number of rotatable bonds is 5. The van der Waals surface area contributed by atoms with Gasteiger partial charge < -0.3 is 18.9 Å². The Balaban J connectivity index is 2.54. The van der Waals surface area contributed by atoms with Gasteiger partial charge in [-0.15, -0.1) is 0 Å². The molecule has 0 aromatic carbocycles. The van der Waals surface area contributed by atoms with E-state index in [1.54, 1.807) is 6.92 Å². The van der Waals surface area contributed by atoms with Crippen LogP contribution in [0.4, 0.5) is 0 Å². The van der Waals surface area contributed by atoms with Gasteiger partial charge in [-0.05, 0) is 24.5 Å². The first-order valence-electron chi connectivity index (χ1n) is 5.97. The lowest BCUT2D eigenvalue weighted by atomic mass is 9.83. The molecule has 1 fully saturated rings. The van der Waals surface area contributed by atoms with E-state index in [1.807, 2.05) is 19.9 Å². The summed E-state index contributed by atoms with van der Waals surface area (Å²) in [5, 5.41) is 0. The molecule has 18 heavy (non-hydrogen) atoms. The molecule has 0 radical (unpaired) electrons. The van der Waals surface area contributed by atoms with Gasteiger partial charge in [-0.2, -0.15) is 0 Å². The highest BCUT2D eigenvalue weighted by Gasteiger charge is 2.88. The topological polar surface area (TPSA) is 57.3 Å². The molecule has 0 aromatic heterocycles. The molecule has 5 nitrogen and oxygen atoms in total. The van der Waals surface area contributed by atoms with Crippen LogP contribution in [0.1, 0.15) is 20.8 Å². The largest absolute Gasteiger partial charge is 0.341 e. The van der Waals surface area contributed by atoms with E-state index < -0.39 is 17.2 Å². The highest BCUT2D eigenvalue weighted by atomic mass is 16.9. The third kappa shape index (κ3) is 1.18. The van der Waals surface area contributed by atoms with Crippen molar-refractivity contribution in [2.75, 3.05) is 21.3 Å². The molecular weight excluding hydrogens is 236 g/mol. The summed E-state index contributed by atoms with van der Waals surface area (Å²) >= 11 is 0. The van der Waals surface area contributed by atoms with Crippen LogP contribution in [0, 0.1) is 5.92 Å². The van der Waals surface area contributed by atoms with Crippen LogP contribution in [0.3, 0.4) is 0 Å². The van der Waals surface area contributed by atoms with E-state index in [1.165, 1.54) is 21.3 Å². The highest BCUT2D eigenvalue weighted by molar-refractivity contribution is 6.09. The molecule has 102 valence electrons. The number of hydrogen-bond acceptors (Lipinski definition) is 5. The fraction of sp³-hybridized carbons (Fsp3) is 0.769. The van der Waals surface area contributed by atoms with Crippen LogP contribution in [0.5, 0.6) is 0 Å². The van der Waals surface area contributed by atoms with E-state index in [2.05, 4.69) is 0 Å². The average Bonchev–Trinajstić information content (AvgIpc) is 2.97. The molecule has 1 aliphatic heterocycles. The van der Waals surface area contributed by atoms with Crippen molar-refractivity contribution in [3.8, 4) is 0 Å². The van der Waals surface area contributed by atoms with Gasteiger partial charge in [0.1, 0.15) is 5.60 Å². The minimum Gasteiger partial charge on any atom is -0.341 e. The Bertz CT molecular complexity index is 401. The summed E-state index contributed by atoms with van der Waals surface area (Å²) in [7, 11) is 4.32. The summed E-state index contributed by atoms with van der Waals surface area (Å²) in [6.07, 6.45) is 1.85. The summed E-state index contributed by atoms with van der Waals surface area (Å²) in [5.74, 6) is -1.54. The van der Waals surface area contributed by atoms with E-state index in [9.17, 15) is 4.79 Å². The van der Waals surface area contributed by atoms with Gasteiger partial charge >= 0.3 is 5.97 Å². The third-order valence-electron chi connectivity index (χ3n) is 4.03. The summed E-state index contributed by atoms with van der Waals surface area (Å²) in [6.45, 7) is 5.77. The number of ether oxygens (including phenoxy) is 4. The van der Waals surface area contributed by atoms with Gasteiger partial charge in [0.15, 0.2) is 0 Å². The predicted molar refractivity (Wildman–Crippen MR) is 63.9 cm³/mol. The Hall–Kier alpha value is -0.750. The van der Waals surface area contributed by atoms with Crippen molar-refractivity contribution >= 4 is 5.78 Å². The number of carbonyl (C=O) groups is 1. The quantitative estimate of drug-likeness (QED) is 0.547. The van der Waals surface area contributed by atoms with Crippen LogP contribution < -0.4 is 0 Å². The van der Waals surface area contributed by atoms with Crippen LogP contribution in [0.25, 0.3) is 0 Å². The van der Waals surface area contributed by atoms with E-state index in [-0.39, 0.29) is 11.7 Å². The SMILES string of the molecule is COC(OC)(OC)[C@@]12O[C@]1(C(C)C)C=C(C)C2=O. The molecule has 5 heteroatoms. The van der Waals surface area contributed by atoms with E-state index >= 15 is 0 Å². The number of hydrogen-bond donors (Lipinski definition) is 0. The first-order chi connectivity index (χ1) is 8.37. The zero-order chi connectivity index (χ0) is 13.8. The monoisotopic (exact) mass is 256 g/mol. The molecular formula is C13H20O5. The fourth-order valence-electron chi connectivity index (χ4n) is 3.06. The van der Waals surface area contributed by atoms with Crippen molar-refractivity contribution < 1.29 is 23.7 Å². The second-order valence-corrected chi connectivity index (χ2v) is 5.06. The Labute approximate surface area is 107 Å². The molecule has 2 aliphatic rings. The molecule has 1 heterocycles. The second-order valence-electron chi connectivity index (χ2n) is 5.06. The normalized spacial score (nSPS) is 34.8. The highest BCUT2D eigenvalue weighted by Crippen LogP contribution is 2.65. The van der Waals surface area contributed by atoms with Gasteiger partial charge in [-0.25, -0.2) is 0 Å². The van der Waals surface area contributed by atoms with Crippen molar-refractivity contribution in [1.82, 2.24) is 0 Å². The molecule has 0 N–H and O–H groups in total. The van der Waals surface area contributed by atoms with Crippen molar-refractivity contribution in [1.29, 1.82) is 0 Å². The van der Waals surface area contributed by atoms with Crippen molar-refractivity contribution in [2.24, 2.45) is 5.92 Å². The van der Waals surface area contributed by atoms with Crippen LogP contribution in [-0.2, 0) is 23.7 Å². The molecule has 2 rings (SSSR count). The maximum absolute atomic E-state index is 12.5. The summed E-state index contributed by atoms with van der Waals surface area (Å²) in [4.78, 5) is 12.5. The van der Waals surface area contributed by atoms with Crippen molar-refractivity contribution in [3.63, 3.8) is 0 Å². The standard InChI is InChI=1S/C13H20O5/c1-8(2)11-7-9(3)10(14)12(11,18-11)13(15-4,16-5)17-6/h7-8H,1-6H3/t11-,12-/m0/s1. The Morgan fingerprint density at radius 2 is 1.72 bits per heavy atom. The second kappa shape index (κ2) is 3.87. The van der Waals surface area contributed by atoms with E-state index in [0.29, 0.717) is 5.57 Å². The maximum Gasteiger partial charge on any atom is 0.324 e. The number of Topliss-reactive ketones (excluding diaryl/α,β-unsaturated/α-hetero) is 1. The number of fused-ring (bicyclic) bond motifs is 1. The van der Waals surface area contributed by atoms with Crippen molar-refractivity contribution in [2.45, 2.75) is 37.9 Å². The van der Waals surface area contributed by atoms with Crippen LogP contribution in [0.15, 0.2) is 11.6 Å². The molecule has 0 aromatic rings. The molecule has 0 amide bonds. The van der Waals surface area contributed by atoms with Gasteiger partial charge in [0.2, 0.25) is 11.4 Å². The molecule has 0 bridgehead atoms. The lowest BCUT2D eigenvalue weighted by Gasteiger charge is -2.34. The van der Waals surface area contributed by atoms with Crippen LogP contribution in [0.2, 0.25) is 0 Å². The molecule has 0 unspecified atom stereocenters. The van der Waals surface area contributed by atoms with Gasteiger partial charge in [0.25, 0.3) is 0 Å². The van der Waals surface area contributed by atoms with Gasteiger partial charge in [-0.3, -0.25) is 4.79 Å². The predicted octanol–water partition coefficient (Wildman–Crippen LogP) is 1.27. The van der Waals surface area contributed by atoms with Crippen LogP contribution in [-0.4, -0.2) is 44.3 Å². The zero-order valence-electron chi connectivity index (χ0n) is 11.7. The molecule has 0 saturated carbocycles. The summed E-state index contributed by atoms with van der Waals surface area (Å²) < 4.78 is 21.8. The Morgan fingerprint density at radius 3 is 2.11 bits per heavy atom. The first kappa shape index (κ1) is 13.7. The van der Waals surface area contributed by atoms with E-state index in [0.717, 1.165) is 0 Å². The lowest BCUT2D eigenvalue weighted by Crippen LogP contribution is -2.57. The Kier molecular flexibility index (Phi) is 2.94. The number of epoxide rings is 1. The third-order valence-corrected chi connectivity index (χ3v) is 4.03. The lowest BCUT2D eigenvalue weighted by molar-refractivity contribution is -0.374. The molecule has 1 saturated heterocycles. The number of carbonyl (C=O) groups excluding carboxylic acids is 1. The minimum atomic E-state index is -1.51. The minimum absolute atomic E-state index is 0.110. The summed E-state index contributed by atoms with van der Waals surface area (Å²) in [5.41, 5.74) is -1.27. The molecule has 0 spiro atoms. The van der Waals surface area contributed by atoms with Crippen molar-refractivity contribution in [3.05, 3.63) is 11.6 Å². The Morgan fingerprint density at radius 1 is 1.22 bits per heavy atom. The average molecular weight is 256 g/mol. The number of methoxy groups -OCH3 is 3. The first-order valence-corrected chi connectivity index (χ1v) is 5.97. The van der Waals surface area contributed by atoms with E-state index in [4.69, 9.17) is 18.9 Å². The van der Waals surface area contributed by atoms with Gasteiger partial charge in [-0.1, -0.05) is 13.8 Å².